The van der Waals surface area contributed by atoms with Crippen molar-refractivity contribution >= 4 is 17.6 Å². The lowest BCUT2D eigenvalue weighted by Crippen LogP contribution is -2.22. The molecule has 0 unspecified atom stereocenters. The molecule has 0 aliphatic heterocycles. The van der Waals surface area contributed by atoms with Crippen molar-refractivity contribution in [2.75, 3.05) is 11.9 Å². The van der Waals surface area contributed by atoms with Gasteiger partial charge in [-0.1, -0.05) is 13.3 Å². The van der Waals surface area contributed by atoms with Crippen LogP contribution in [0.25, 0.3) is 0 Å². The van der Waals surface area contributed by atoms with Gasteiger partial charge in [0.1, 0.15) is 11.8 Å². The number of carbonyl (C=O) groups excluding carboxylic acids is 1. The zero-order chi connectivity index (χ0) is 14.3. The van der Waals surface area contributed by atoms with E-state index < -0.39 is 11.9 Å². The van der Waals surface area contributed by atoms with Gasteiger partial charge in [0.25, 0.3) is 0 Å². The Kier molecular flexibility index (Phi) is 5.35. The molecule has 6 heteroatoms. The number of amides is 1. The van der Waals surface area contributed by atoms with Gasteiger partial charge in [-0.2, -0.15) is 5.26 Å². The lowest BCUT2D eigenvalue weighted by atomic mass is 10.2. The molecule has 1 amide bonds. The van der Waals surface area contributed by atoms with Crippen LogP contribution in [0.2, 0.25) is 0 Å². The van der Waals surface area contributed by atoms with Crippen molar-refractivity contribution in [1.29, 1.82) is 5.26 Å². The van der Waals surface area contributed by atoms with E-state index in [0.29, 0.717) is 12.4 Å². The number of ether oxygens (including phenoxy) is 1. The minimum absolute atomic E-state index is 0.151. The van der Waals surface area contributed by atoms with Gasteiger partial charge in [0.05, 0.1) is 17.9 Å². The Bertz CT molecular complexity index is 520. The van der Waals surface area contributed by atoms with Crippen LogP contribution in [0.1, 0.15) is 25.3 Å². The van der Waals surface area contributed by atoms with Gasteiger partial charge < -0.3 is 15.2 Å². The average molecular weight is 262 g/mol. The molecule has 0 spiro atoms. The van der Waals surface area contributed by atoms with Crippen molar-refractivity contribution in [3.8, 4) is 11.8 Å². The summed E-state index contributed by atoms with van der Waals surface area (Å²) in [5.74, 6) is -2.28. The van der Waals surface area contributed by atoms with Crippen molar-refractivity contribution in [2.24, 2.45) is 0 Å². The van der Waals surface area contributed by atoms with E-state index in [1.54, 1.807) is 6.07 Å². The second-order valence-corrected chi connectivity index (χ2v) is 3.78. The number of carbonyl (C=O) groups is 2. The molecule has 0 aromatic heterocycles. The van der Waals surface area contributed by atoms with Crippen LogP contribution in [0.5, 0.6) is 5.75 Å². The molecule has 0 saturated carbocycles. The number of carboxylic acid groups (broad SMARTS) is 1. The Morgan fingerprint density at radius 1 is 1.47 bits per heavy atom. The van der Waals surface area contributed by atoms with Gasteiger partial charge >= 0.3 is 11.9 Å². The van der Waals surface area contributed by atoms with Gasteiger partial charge in [0.2, 0.25) is 0 Å². The first-order chi connectivity index (χ1) is 9.08. The smallest absolute Gasteiger partial charge is 0.394 e. The van der Waals surface area contributed by atoms with Gasteiger partial charge in [-0.3, -0.25) is 4.79 Å². The van der Waals surface area contributed by atoms with Crippen LogP contribution in [-0.4, -0.2) is 23.6 Å². The van der Waals surface area contributed by atoms with Crippen LogP contribution in [0, 0.1) is 11.3 Å². The van der Waals surface area contributed by atoms with Crippen LogP contribution in [0.3, 0.4) is 0 Å². The molecule has 0 atom stereocenters. The monoisotopic (exact) mass is 262 g/mol. The number of hydrogen-bond acceptors (Lipinski definition) is 4. The quantitative estimate of drug-likeness (QED) is 0.622. The summed E-state index contributed by atoms with van der Waals surface area (Å²) in [6, 6.07) is 6.37. The highest BCUT2D eigenvalue weighted by Crippen LogP contribution is 2.21. The standard InChI is InChI=1S/C13H14N2O4/c1-2-3-6-19-10-4-5-11(9(7-10)8-14)15-12(16)13(17)18/h4-5,7H,2-3,6H2,1H3,(H,15,16)(H,17,18). The number of carboxylic acids is 1. The van der Waals surface area contributed by atoms with Crippen LogP contribution < -0.4 is 10.1 Å². The first-order valence-corrected chi connectivity index (χ1v) is 5.79. The second-order valence-electron chi connectivity index (χ2n) is 3.78. The molecule has 2 N–H and O–H groups in total. The van der Waals surface area contributed by atoms with Crippen molar-refractivity contribution in [1.82, 2.24) is 0 Å². The largest absolute Gasteiger partial charge is 0.494 e. The number of anilines is 1. The third-order valence-corrected chi connectivity index (χ3v) is 2.32. The van der Waals surface area contributed by atoms with E-state index >= 15 is 0 Å². The number of nitrogens with zero attached hydrogens (tertiary/aromatic N) is 1. The first kappa shape index (κ1) is 14.5. The number of nitriles is 1. The van der Waals surface area contributed by atoms with E-state index in [1.165, 1.54) is 12.1 Å². The third kappa shape index (κ3) is 4.32. The number of benzene rings is 1. The van der Waals surface area contributed by atoms with Crippen LogP contribution in [0.4, 0.5) is 5.69 Å². The topological polar surface area (TPSA) is 99.4 Å². The lowest BCUT2D eigenvalue weighted by Gasteiger charge is -2.08. The van der Waals surface area contributed by atoms with Crippen molar-refractivity contribution in [2.45, 2.75) is 19.8 Å². The summed E-state index contributed by atoms with van der Waals surface area (Å²) in [4.78, 5) is 21.4. The Balaban J connectivity index is 2.82. The molecule has 0 bridgehead atoms. The Labute approximate surface area is 110 Å². The zero-order valence-corrected chi connectivity index (χ0v) is 10.5. The van der Waals surface area contributed by atoms with E-state index in [2.05, 4.69) is 5.32 Å². The van der Waals surface area contributed by atoms with Crippen molar-refractivity contribution < 1.29 is 19.4 Å². The molecule has 1 aromatic carbocycles. The molecular weight excluding hydrogens is 248 g/mol. The maximum atomic E-state index is 11.0. The van der Waals surface area contributed by atoms with Crippen molar-refractivity contribution in [3.63, 3.8) is 0 Å². The molecular formula is C13H14N2O4. The number of hydrogen-bond donors (Lipinski definition) is 2. The predicted molar refractivity (Wildman–Crippen MR) is 67.8 cm³/mol. The summed E-state index contributed by atoms with van der Waals surface area (Å²) < 4.78 is 5.42. The lowest BCUT2D eigenvalue weighted by molar-refractivity contribution is -0.147. The van der Waals surface area contributed by atoms with Gasteiger partial charge in [0.15, 0.2) is 0 Å². The third-order valence-electron chi connectivity index (χ3n) is 2.32. The molecule has 0 saturated heterocycles. The maximum Gasteiger partial charge on any atom is 0.394 e. The second kappa shape index (κ2) is 7.01. The van der Waals surface area contributed by atoms with Crippen molar-refractivity contribution in [3.05, 3.63) is 23.8 Å². The maximum absolute atomic E-state index is 11.0. The summed E-state index contributed by atoms with van der Waals surface area (Å²) >= 11 is 0. The summed E-state index contributed by atoms with van der Waals surface area (Å²) in [6.45, 7) is 2.58. The highest BCUT2D eigenvalue weighted by molar-refractivity contribution is 6.36. The highest BCUT2D eigenvalue weighted by Gasteiger charge is 2.14. The number of aliphatic carboxylic acids is 1. The van der Waals surface area contributed by atoms with Gasteiger partial charge in [-0.25, -0.2) is 4.79 Å². The van der Waals surface area contributed by atoms with Crippen LogP contribution in [0.15, 0.2) is 18.2 Å². The molecule has 0 aliphatic rings. The number of unbranched alkanes of at least 4 members (excludes halogenated alkanes) is 1. The first-order valence-electron chi connectivity index (χ1n) is 5.79. The molecule has 0 heterocycles. The summed E-state index contributed by atoms with van der Waals surface area (Å²) in [5, 5.41) is 19.6. The highest BCUT2D eigenvalue weighted by atomic mass is 16.5. The predicted octanol–water partition coefficient (Wildman–Crippen LogP) is 1.76. The van der Waals surface area contributed by atoms with Crippen LogP contribution in [-0.2, 0) is 9.59 Å². The van der Waals surface area contributed by atoms with E-state index in [1.807, 2.05) is 13.0 Å². The SMILES string of the molecule is CCCCOc1ccc(NC(=O)C(=O)O)c(C#N)c1. The van der Waals surface area contributed by atoms with Crippen LogP contribution >= 0.6 is 0 Å². The molecule has 0 radical (unpaired) electrons. The summed E-state index contributed by atoms with van der Waals surface area (Å²) in [7, 11) is 0. The molecule has 0 fully saturated rings. The fraction of sp³-hybridized carbons (Fsp3) is 0.308. The molecule has 6 nitrogen and oxygen atoms in total. The van der Waals surface area contributed by atoms with E-state index in [9.17, 15) is 9.59 Å². The van der Waals surface area contributed by atoms with Gasteiger partial charge in [-0.15, -0.1) is 0 Å². The molecule has 19 heavy (non-hydrogen) atoms. The fourth-order valence-electron chi connectivity index (χ4n) is 1.32. The zero-order valence-electron chi connectivity index (χ0n) is 10.5. The summed E-state index contributed by atoms with van der Waals surface area (Å²) in [5.41, 5.74) is 0.307. The molecule has 0 aliphatic carbocycles. The van der Waals surface area contributed by atoms with Gasteiger partial charge in [0, 0.05) is 0 Å². The van der Waals surface area contributed by atoms with E-state index in [0.717, 1.165) is 12.8 Å². The number of rotatable bonds is 5. The molecule has 100 valence electrons. The Morgan fingerprint density at radius 3 is 2.79 bits per heavy atom. The number of nitrogens with one attached hydrogen (secondary N) is 1. The minimum atomic E-state index is -1.60. The fourth-order valence-corrected chi connectivity index (χ4v) is 1.32. The minimum Gasteiger partial charge on any atom is -0.494 e. The molecule has 1 aromatic rings. The summed E-state index contributed by atoms with van der Waals surface area (Å²) in [6.07, 6.45) is 1.90. The average Bonchev–Trinajstić information content (AvgIpc) is 2.40. The Morgan fingerprint density at radius 2 is 2.21 bits per heavy atom. The van der Waals surface area contributed by atoms with E-state index in [4.69, 9.17) is 15.1 Å². The molecule has 1 rings (SSSR count). The van der Waals surface area contributed by atoms with Gasteiger partial charge in [-0.05, 0) is 24.6 Å². The normalized spacial score (nSPS) is 9.47. The van der Waals surface area contributed by atoms with E-state index in [-0.39, 0.29) is 11.3 Å². The Hall–Kier alpha value is -2.55.